The highest BCUT2D eigenvalue weighted by Gasteiger charge is 2.40. The molecule has 2 rings (SSSR count). The summed E-state index contributed by atoms with van der Waals surface area (Å²) in [5.41, 5.74) is -0.708. The molecular weight excluding hydrogens is 306 g/mol. The largest absolute Gasteiger partial charge is 0.480 e. The van der Waals surface area contributed by atoms with Crippen LogP contribution in [0.1, 0.15) is 16.8 Å². The fourth-order valence-corrected chi connectivity index (χ4v) is 2.30. The summed E-state index contributed by atoms with van der Waals surface area (Å²) in [6.07, 6.45) is -0.186. The minimum absolute atomic E-state index is 0.110. The second kappa shape index (κ2) is 5.62. The molecule has 0 aromatic carbocycles. The van der Waals surface area contributed by atoms with Gasteiger partial charge in [0.25, 0.3) is 11.6 Å². The topological polar surface area (TPSA) is 134 Å². The molecule has 21 heavy (non-hydrogen) atoms. The number of pyridine rings is 1. The number of carboxylic acids is 1. The van der Waals surface area contributed by atoms with Crippen LogP contribution >= 0.6 is 11.6 Å². The van der Waals surface area contributed by atoms with E-state index in [1.165, 1.54) is 0 Å². The molecule has 0 spiro atoms. The maximum atomic E-state index is 12.3. The number of aliphatic hydroxyl groups is 1. The van der Waals surface area contributed by atoms with E-state index in [4.69, 9.17) is 16.7 Å². The minimum atomic E-state index is -1.27. The highest BCUT2D eigenvalue weighted by atomic mass is 35.5. The zero-order valence-corrected chi connectivity index (χ0v) is 11.2. The van der Waals surface area contributed by atoms with Crippen molar-refractivity contribution in [2.75, 3.05) is 6.54 Å². The summed E-state index contributed by atoms with van der Waals surface area (Å²) < 4.78 is 0. The molecule has 2 atom stereocenters. The van der Waals surface area contributed by atoms with Crippen LogP contribution in [0, 0.1) is 10.1 Å². The molecule has 9 nitrogen and oxygen atoms in total. The average molecular weight is 316 g/mol. The SMILES string of the molecule is O=C(O)C1CC(O)CN1C(=O)c1cc([N+](=O)[O-])cnc1Cl. The first-order valence-corrected chi connectivity index (χ1v) is 6.21. The Kier molecular flexibility index (Phi) is 4.05. The Morgan fingerprint density at radius 3 is 2.76 bits per heavy atom. The van der Waals surface area contributed by atoms with E-state index in [9.17, 15) is 24.8 Å². The molecule has 0 radical (unpaired) electrons. The van der Waals surface area contributed by atoms with Gasteiger partial charge in [0.2, 0.25) is 0 Å². The number of carboxylic acid groups (broad SMARTS) is 1. The normalized spacial score (nSPS) is 21.3. The van der Waals surface area contributed by atoms with E-state index in [-0.39, 0.29) is 23.7 Å². The molecule has 2 N–H and O–H groups in total. The lowest BCUT2D eigenvalue weighted by atomic mass is 10.2. The van der Waals surface area contributed by atoms with E-state index in [0.717, 1.165) is 17.2 Å². The summed E-state index contributed by atoms with van der Waals surface area (Å²) in [6, 6.07) is -0.274. The number of carbonyl (C=O) groups is 2. The first-order valence-electron chi connectivity index (χ1n) is 5.83. The Morgan fingerprint density at radius 1 is 1.52 bits per heavy atom. The van der Waals surface area contributed by atoms with E-state index < -0.39 is 34.6 Å². The third-order valence-electron chi connectivity index (χ3n) is 3.09. The van der Waals surface area contributed by atoms with Crippen molar-refractivity contribution in [1.82, 2.24) is 9.88 Å². The van der Waals surface area contributed by atoms with Gasteiger partial charge in [-0.05, 0) is 0 Å². The van der Waals surface area contributed by atoms with E-state index in [2.05, 4.69) is 4.98 Å². The number of rotatable bonds is 3. The maximum absolute atomic E-state index is 12.3. The van der Waals surface area contributed by atoms with Crippen molar-refractivity contribution in [2.45, 2.75) is 18.6 Å². The molecule has 1 aliphatic heterocycles. The monoisotopic (exact) mass is 315 g/mol. The smallest absolute Gasteiger partial charge is 0.326 e. The predicted octanol–water partition coefficient (Wildman–Crippen LogP) is 0.303. The van der Waals surface area contributed by atoms with Crippen molar-refractivity contribution in [3.05, 3.63) is 33.1 Å². The van der Waals surface area contributed by atoms with Gasteiger partial charge in [0.1, 0.15) is 17.4 Å². The molecule has 2 heterocycles. The molecule has 0 bridgehead atoms. The number of hydrogen-bond acceptors (Lipinski definition) is 6. The van der Waals surface area contributed by atoms with Crippen molar-refractivity contribution in [3.8, 4) is 0 Å². The number of halogens is 1. The van der Waals surface area contributed by atoms with Gasteiger partial charge in [-0.1, -0.05) is 11.6 Å². The Hall–Kier alpha value is -2.26. The van der Waals surface area contributed by atoms with Gasteiger partial charge >= 0.3 is 5.97 Å². The van der Waals surface area contributed by atoms with E-state index in [0.29, 0.717) is 0 Å². The van der Waals surface area contributed by atoms with Gasteiger partial charge in [-0.25, -0.2) is 9.78 Å². The summed E-state index contributed by atoms with van der Waals surface area (Å²) >= 11 is 5.75. The number of aliphatic carboxylic acids is 1. The van der Waals surface area contributed by atoms with Crippen molar-refractivity contribution in [3.63, 3.8) is 0 Å². The number of nitro groups is 1. The van der Waals surface area contributed by atoms with Crippen LogP contribution in [0.3, 0.4) is 0 Å². The zero-order chi connectivity index (χ0) is 15.7. The summed E-state index contributed by atoms with van der Waals surface area (Å²) in [5.74, 6) is -2.09. The van der Waals surface area contributed by atoms with Gasteiger partial charge in [-0.2, -0.15) is 0 Å². The van der Waals surface area contributed by atoms with Crippen molar-refractivity contribution < 1.29 is 24.7 Å². The molecule has 1 amide bonds. The third kappa shape index (κ3) is 2.93. The van der Waals surface area contributed by atoms with E-state index >= 15 is 0 Å². The maximum Gasteiger partial charge on any atom is 0.326 e. The lowest BCUT2D eigenvalue weighted by molar-refractivity contribution is -0.385. The van der Waals surface area contributed by atoms with Crippen LogP contribution in [0.2, 0.25) is 5.15 Å². The van der Waals surface area contributed by atoms with Crippen LogP contribution in [0.15, 0.2) is 12.3 Å². The lowest BCUT2D eigenvalue weighted by Gasteiger charge is -2.21. The van der Waals surface area contributed by atoms with Gasteiger partial charge in [0.05, 0.1) is 16.6 Å². The number of aromatic nitrogens is 1. The molecule has 0 saturated carbocycles. The number of amides is 1. The van der Waals surface area contributed by atoms with Gasteiger partial charge in [0.15, 0.2) is 0 Å². The molecule has 112 valence electrons. The van der Waals surface area contributed by atoms with Crippen LogP contribution in [0.25, 0.3) is 0 Å². The van der Waals surface area contributed by atoms with Crippen molar-refractivity contribution in [2.24, 2.45) is 0 Å². The fourth-order valence-electron chi connectivity index (χ4n) is 2.11. The summed E-state index contributed by atoms with van der Waals surface area (Å²) in [5, 5.41) is 29.0. The van der Waals surface area contributed by atoms with Gasteiger partial charge in [-0.15, -0.1) is 0 Å². The number of hydrogen-bond donors (Lipinski definition) is 2. The highest BCUT2D eigenvalue weighted by molar-refractivity contribution is 6.32. The summed E-state index contributed by atoms with van der Waals surface area (Å²) in [4.78, 5) is 37.8. The fraction of sp³-hybridized carbons (Fsp3) is 0.364. The Balaban J connectivity index is 2.37. The quantitative estimate of drug-likeness (QED) is 0.465. The summed E-state index contributed by atoms with van der Waals surface area (Å²) in [6.45, 7) is -0.186. The standard InChI is InChI=1S/C11H10ClN3O6/c12-9-7(1-5(3-13-9)15(20)21)10(17)14-4-6(16)2-8(14)11(18)19/h1,3,6,8,16H,2,4H2,(H,18,19). The Bertz CT molecular complexity index is 622. The van der Waals surface area contributed by atoms with Gasteiger partial charge in [-0.3, -0.25) is 14.9 Å². The van der Waals surface area contributed by atoms with Crippen molar-refractivity contribution in [1.29, 1.82) is 0 Å². The molecule has 1 fully saturated rings. The number of aliphatic hydroxyl groups excluding tert-OH is 1. The molecule has 0 aliphatic carbocycles. The Labute approximate surface area is 122 Å². The van der Waals surface area contributed by atoms with Crippen molar-refractivity contribution >= 4 is 29.2 Å². The minimum Gasteiger partial charge on any atom is -0.480 e. The molecular formula is C11H10ClN3O6. The number of carbonyl (C=O) groups excluding carboxylic acids is 1. The van der Waals surface area contributed by atoms with Crippen LogP contribution in [0.4, 0.5) is 5.69 Å². The zero-order valence-electron chi connectivity index (χ0n) is 10.5. The van der Waals surface area contributed by atoms with Crippen LogP contribution in [0.5, 0.6) is 0 Å². The lowest BCUT2D eigenvalue weighted by Crippen LogP contribution is -2.40. The van der Waals surface area contributed by atoms with Gasteiger partial charge < -0.3 is 15.1 Å². The van der Waals surface area contributed by atoms with Gasteiger partial charge in [0, 0.05) is 19.0 Å². The summed E-state index contributed by atoms with van der Waals surface area (Å²) in [7, 11) is 0. The average Bonchev–Trinajstić information content (AvgIpc) is 2.80. The first kappa shape index (κ1) is 15.1. The second-order valence-corrected chi connectivity index (χ2v) is 4.85. The molecule has 1 aromatic heterocycles. The molecule has 1 aliphatic rings. The van der Waals surface area contributed by atoms with Crippen LogP contribution < -0.4 is 0 Å². The Morgan fingerprint density at radius 2 is 2.19 bits per heavy atom. The molecule has 1 saturated heterocycles. The van der Waals surface area contributed by atoms with Crippen LogP contribution in [-0.2, 0) is 4.79 Å². The van der Waals surface area contributed by atoms with Crippen LogP contribution in [-0.4, -0.2) is 55.6 Å². The number of nitrogens with zero attached hydrogens (tertiary/aromatic N) is 3. The highest BCUT2D eigenvalue weighted by Crippen LogP contribution is 2.25. The second-order valence-electron chi connectivity index (χ2n) is 4.49. The van der Waals surface area contributed by atoms with E-state index in [1.807, 2.05) is 0 Å². The first-order chi connectivity index (χ1) is 9.81. The molecule has 1 aromatic rings. The number of likely N-dealkylation sites (tertiary alicyclic amines) is 1. The number of β-amino-alcohol motifs (C(OH)–C–C–N with tert-alkyl or cyclic N) is 1. The third-order valence-corrected chi connectivity index (χ3v) is 3.39. The van der Waals surface area contributed by atoms with E-state index in [1.54, 1.807) is 0 Å². The predicted molar refractivity (Wildman–Crippen MR) is 69.0 cm³/mol. The molecule has 2 unspecified atom stereocenters. The molecule has 10 heteroatoms.